The van der Waals surface area contributed by atoms with Crippen LogP contribution in [0.25, 0.3) is 10.2 Å². The number of nitrogens with zero attached hydrogens (tertiary/aromatic N) is 2. The zero-order chi connectivity index (χ0) is 20.7. The van der Waals surface area contributed by atoms with E-state index in [9.17, 15) is 9.59 Å². The second kappa shape index (κ2) is 8.19. The molecule has 2 aromatic heterocycles. The lowest BCUT2D eigenvalue weighted by atomic mass is 9.99. The number of benzene rings is 1. The molecule has 2 aliphatic rings. The molecule has 0 radical (unpaired) electrons. The van der Waals surface area contributed by atoms with Crippen LogP contribution in [-0.2, 0) is 29.8 Å². The molecule has 7 heteroatoms. The summed E-state index contributed by atoms with van der Waals surface area (Å²) >= 11 is 3.33. The Morgan fingerprint density at radius 1 is 1.27 bits per heavy atom. The topological polar surface area (TPSA) is 66.1 Å². The first-order chi connectivity index (χ1) is 14.6. The Balaban J connectivity index is 1.20. The number of carbonyl (C=O) groups is 1. The number of fused-ring (bicyclic) bond motifs is 4. The van der Waals surface area contributed by atoms with Crippen molar-refractivity contribution in [1.29, 1.82) is 0 Å². The van der Waals surface area contributed by atoms with Gasteiger partial charge in [0, 0.05) is 29.3 Å². The first-order valence-electron chi connectivity index (χ1n) is 10.6. The summed E-state index contributed by atoms with van der Waals surface area (Å²) in [6.45, 7) is 2.89. The third-order valence-corrected chi connectivity index (χ3v) is 8.13. The summed E-state index contributed by atoms with van der Waals surface area (Å²) in [6.07, 6.45) is 5.77. The molecule has 3 heterocycles. The van der Waals surface area contributed by atoms with Gasteiger partial charge in [0.2, 0.25) is 5.91 Å². The van der Waals surface area contributed by atoms with Gasteiger partial charge in [0.05, 0.1) is 11.1 Å². The maximum absolute atomic E-state index is 12.8. The first kappa shape index (κ1) is 19.8. The van der Waals surface area contributed by atoms with Crippen molar-refractivity contribution in [1.82, 2.24) is 9.97 Å². The number of H-pyrrole nitrogens is 1. The molecule has 156 valence electrons. The number of anilines is 1. The number of thiophene rings is 1. The van der Waals surface area contributed by atoms with Gasteiger partial charge in [0.25, 0.3) is 5.56 Å². The molecule has 30 heavy (non-hydrogen) atoms. The van der Waals surface area contributed by atoms with E-state index in [-0.39, 0.29) is 11.5 Å². The molecule has 0 unspecified atom stereocenters. The minimum Gasteiger partial charge on any atom is -0.312 e. The quantitative estimate of drug-likeness (QED) is 0.599. The molecule has 0 saturated carbocycles. The Labute approximate surface area is 183 Å². The van der Waals surface area contributed by atoms with Gasteiger partial charge < -0.3 is 9.88 Å². The van der Waals surface area contributed by atoms with Crippen LogP contribution in [0.2, 0.25) is 0 Å². The monoisotopic (exact) mass is 439 g/mol. The molecular formula is C23H25N3O2S2. The highest BCUT2D eigenvalue weighted by atomic mass is 32.2. The van der Waals surface area contributed by atoms with Crippen molar-refractivity contribution < 1.29 is 4.79 Å². The van der Waals surface area contributed by atoms with Crippen LogP contribution in [0.5, 0.6) is 0 Å². The van der Waals surface area contributed by atoms with Crippen molar-refractivity contribution in [3.63, 3.8) is 0 Å². The van der Waals surface area contributed by atoms with Gasteiger partial charge >= 0.3 is 0 Å². The van der Waals surface area contributed by atoms with Gasteiger partial charge in [-0.05, 0) is 56.2 Å². The molecule has 0 fully saturated rings. The van der Waals surface area contributed by atoms with Gasteiger partial charge in [0.1, 0.15) is 10.7 Å². The maximum Gasteiger partial charge on any atom is 0.259 e. The summed E-state index contributed by atoms with van der Waals surface area (Å²) in [4.78, 5) is 37.1. The van der Waals surface area contributed by atoms with Gasteiger partial charge in [-0.2, -0.15) is 11.8 Å². The number of amides is 1. The van der Waals surface area contributed by atoms with Gasteiger partial charge in [-0.15, -0.1) is 11.3 Å². The van der Waals surface area contributed by atoms with Crippen molar-refractivity contribution >= 4 is 44.9 Å². The maximum atomic E-state index is 12.8. The van der Waals surface area contributed by atoms with E-state index in [1.807, 2.05) is 4.90 Å². The number of nitrogens with one attached hydrogen (secondary N) is 1. The Kier molecular flexibility index (Phi) is 5.41. The number of hydrogen-bond donors (Lipinski definition) is 1. The number of aromatic amines is 1. The second-order valence-electron chi connectivity index (χ2n) is 8.13. The summed E-state index contributed by atoms with van der Waals surface area (Å²) in [5.41, 5.74) is 4.80. The molecule has 0 spiro atoms. The van der Waals surface area contributed by atoms with Crippen molar-refractivity contribution in [2.75, 3.05) is 17.2 Å². The Hall–Kier alpha value is -2.12. The smallest absolute Gasteiger partial charge is 0.259 e. The zero-order valence-electron chi connectivity index (χ0n) is 17.1. The summed E-state index contributed by atoms with van der Waals surface area (Å²) in [5, 5.41) is 0.801. The predicted molar refractivity (Wildman–Crippen MR) is 125 cm³/mol. The Morgan fingerprint density at radius 2 is 2.17 bits per heavy atom. The number of rotatable bonds is 5. The van der Waals surface area contributed by atoms with Crippen LogP contribution in [0.4, 0.5) is 5.69 Å². The van der Waals surface area contributed by atoms with Crippen molar-refractivity contribution in [3.8, 4) is 0 Å². The number of aryl methyl sites for hydroxylation is 4. The fourth-order valence-corrected chi connectivity index (χ4v) is 6.64. The molecule has 0 saturated heterocycles. The third kappa shape index (κ3) is 3.69. The number of carbonyl (C=O) groups excluding carboxylic acids is 1. The molecule has 0 atom stereocenters. The minimum absolute atomic E-state index is 0.00806. The van der Waals surface area contributed by atoms with E-state index < -0.39 is 0 Å². The van der Waals surface area contributed by atoms with Gasteiger partial charge in [0.15, 0.2) is 0 Å². The van der Waals surface area contributed by atoms with E-state index in [2.05, 4.69) is 30.1 Å². The second-order valence-corrected chi connectivity index (χ2v) is 10.3. The lowest BCUT2D eigenvalue weighted by Crippen LogP contribution is -2.35. The van der Waals surface area contributed by atoms with Gasteiger partial charge in [-0.3, -0.25) is 9.59 Å². The standard InChI is InChI=1S/C23H25N3O2S2/c1-14-7-8-17-15(12-14)4-3-10-26(17)20(27)9-11-29-13-19-24-22(28)21-16-5-2-6-18(16)30-23(21)25-19/h7-8,12H,2-6,9-11,13H2,1H3,(H,24,25,28). The highest BCUT2D eigenvalue weighted by molar-refractivity contribution is 7.98. The fourth-order valence-electron chi connectivity index (χ4n) is 4.56. The van der Waals surface area contributed by atoms with Crippen molar-refractivity contribution in [2.45, 2.75) is 51.2 Å². The molecule has 1 aliphatic carbocycles. The largest absolute Gasteiger partial charge is 0.312 e. The van der Waals surface area contributed by atoms with Crippen LogP contribution in [0.3, 0.4) is 0 Å². The summed E-state index contributed by atoms with van der Waals surface area (Å²) < 4.78 is 0. The highest BCUT2D eigenvalue weighted by Crippen LogP contribution is 2.34. The lowest BCUT2D eigenvalue weighted by molar-refractivity contribution is -0.118. The van der Waals surface area contributed by atoms with E-state index in [0.29, 0.717) is 18.0 Å². The van der Waals surface area contributed by atoms with Crippen LogP contribution in [-0.4, -0.2) is 28.2 Å². The molecule has 1 N–H and O–H groups in total. The first-order valence-corrected chi connectivity index (χ1v) is 12.6. The van der Waals surface area contributed by atoms with Crippen molar-refractivity contribution in [2.24, 2.45) is 0 Å². The average Bonchev–Trinajstić information content (AvgIpc) is 3.31. The third-order valence-electron chi connectivity index (χ3n) is 5.98. The molecule has 3 aromatic rings. The van der Waals surface area contributed by atoms with Crippen LogP contribution in [0.15, 0.2) is 23.0 Å². The van der Waals surface area contributed by atoms with Crippen molar-refractivity contribution in [3.05, 3.63) is 55.9 Å². The number of thioether (sulfide) groups is 1. The molecule has 1 aromatic carbocycles. The summed E-state index contributed by atoms with van der Waals surface area (Å²) in [6, 6.07) is 6.36. The number of hydrogen-bond acceptors (Lipinski definition) is 5. The average molecular weight is 440 g/mol. The Morgan fingerprint density at radius 3 is 3.07 bits per heavy atom. The van der Waals surface area contributed by atoms with E-state index in [1.54, 1.807) is 23.1 Å². The molecule has 5 nitrogen and oxygen atoms in total. The molecular weight excluding hydrogens is 414 g/mol. The Bertz CT molecular complexity index is 1180. The SMILES string of the molecule is Cc1ccc2c(c1)CCCN2C(=O)CCSCc1nc2sc3c(c2c(=O)[nH]1)CCC3. The number of aromatic nitrogens is 2. The van der Waals surface area contributed by atoms with Crippen LogP contribution in [0, 0.1) is 6.92 Å². The summed E-state index contributed by atoms with van der Waals surface area (Å²) in [7, 11) is 0. The predicted octanol–water partition coefficient (Wildman–Crippen LogP) is 4.38. The van der Waals surface area contributed by atoms with Crippen LogP contribution < -0.4 is 10.5 Å². The van der Waals surface area contributed by atoms with E-state index in [4.69, 9.17) is 4.98 Å². The van der Waals surface area contributed by atoms with Crippen LogP contribution in [0.1, 0.15) is 46.7 Å². The van der Waals surface area contributed by atoms with Gasteiger partial charge in [-0.1, -0.05) is 17.7 Å². The van der Waals surface area contributed by atoms with E-state index in [1.165, 1.54) is 21.6 Å². The molecule has 5 rings (SSSR count). The minimum atomic E-state index is -0.00806. The van der Waals surface area contributed by atoms with Crippen LogP contribution >= 0.6 is 23.1 Å². The summed E-state index contributed by atoms with van der Waals surface area (Å²) in [5.74, 6) is 2.23. The molecule has 1 amide bonds. The highest BCUT2D eigenvalue weighted by Gasteiger charge is 2.23. The normalized spacial score (nSPS) is 15.4. The molecule has 0 bridgehead atoms. The van der Waals surface area contributed by atoms with E-state index >= 15 is 0 Å². The zero-order valence-corrected chi connectivity index (χ0v) is 18.8. The fraction of sp³-hybridized carbons (Fsp3) is 0.435. The molecule has 1 aliphatic heterocycles. The van der Waals surface area contributed by atoms with Gasteiger partial charge in [-0.25, -0.2) is 4.98 Å². The van der Waals surface area contributed by atoms with E-state index in [0.717, 1.165) is 60.3 Å². The lowest BCUT2D eigenvalue weighted by Gasteiger charge is -2.30.